The van der Waals surface area contributed by atoms with Crippen molar-refractivity contribution in [3.8, 4) is 22.6 Å². The lowest BCUT2D eigenvalue weighted by Gasteiger charge is -2.22. The molecule has 0 saturated carbocycles. The van der Waals surface area contributed by atoms with E-state index in [1.807, 2.05) is 6.92 Å². The molecule has 0 atom stereocenters. The number of methoxy groups -OCH3 is 1. The van der Waals surface area contributed by atoms with Crippen LogP contribution >= 0.6 is 0 Å². The Morgan fingerprint density at radius 2 is 1.43 bits per heavy atom. The summed E-state index contributed by atoms with van der Waals surface area (Å²) in [7, 11) is 1.44. The molecule has 0 amide bonds. The molecule has 1 aliphatic carbocycles. The van der Waals surface area contributed by atoms with Gasteiger partial charge in [-0.3, -0.25) is 0 Å². The first-order valence-electron chi connectivity index (χ1n) is 6.97. The van der Waals surface area contributed by atoms with E-state index in [1.165, 1.54) is 7.11 Å². The van der Waals surface area contributed by atoms with Gasteiger partial charge in [-0.15, -0.1) is 0 Å². The maximum atomic E-state index is 14.4. The molecule has 0 unspecified atom stereocenters. The van der Waals surface area contributed by atoms with E-state index in [-0.39, 0.29) is 23.1 Å². The summed E-state index contributed by atoms with van der Waals surface area (Å²) in [6.07, 6.45) is 0.914. The summed E-state index contributed by atoms with van der Waals surface area (Å²) >= 11 is 0. The average Bonchev–Trinajstić information content (AvgIpc) is 2.50. The molecule has 0 aromatic heterocycles. The van der Waals surface area contributed by atoms with E-state index in [4.69, 9.17) is 9.47 Å². The molecule has 0 spiro atoms. The fraction of sp³-hybridized carbons (Fsp3) is 0.294. The lowest BCUT2D eigenvalue weighted by atomic mass is 9.84. The van der Waals surface area contributed by atoms with Crippen LogP contribution in [0, 0.1) is 11.6 Å². The fourth-order valence-corrected chi connectivity index (χ4v) is 2.87. The van der Waals surface area contributed by atoms with E-state index in [1.54, 1.807) is 24.3 Å². The van der Waals surface area contributed by atoms with Crippen LogP contribution in [0.5, 0.6) is 11.5 Å². The van der Waals surface area contributed by atoms with Gasteiger partial charge in [-0.25, -0.2) is 8.78 Å². The van der Waals surface area contributed by atoms with Crippen LogP contribution in [0.3, 0.4) is 0 Å². The van der Waals surface area contributed by atoms with E-state index in [9.17, 15) is 8.78 Å². The van der Waals surface area contributed by atoms with Crippen LogP contribution in [-0.4, -0.2) is 13.7 Å². The van der Waals surface area contributed by atoms with Crippen molar-refractivity contribution in [1.82, 2.24) is 0 Å². The molecule has 2 nitrogen and oxygen atoms in total. The van der Waals surface area contributed by atoms with Crippen molar-refractivity contribution in [2.75, 3.05) is 13.7 Å². The molecule has 0 N–H and O–H groups in total. The van der Waals surface area contributed by atoms with Gasteiger partial charge in [0, 0.05) is 0 Å². The Hall–Kier alpha value is -2.10. The zero-order valence-corrected chi connectivity index (χ0v) is 12.0. The number of hydrogen-bond donors (Lipinski definition) is 0. The van der Waals surface area contributed by atoms with Crippen LogP contribution in [0.15, 0.2) is 24.3 Å². The largest absolute Gasteiger partial charge is 0.494 e. The number of benzene rings is 2. The fourth-order valence-electron chi connectivity index (χ4n) is 2.87. The maximum Gasteiger partial charge on any atom is 0.168 e. The minimum Gasteiger partial charge on any atom is -0.494 e. The normalized spacial score (nSPS) is 12.6. The predicted octanol–water partition coefficient (Wildman–Crippen LogP) is 4.14. The van der Waals surface area contributed by atoms with Crippen molar-refractivity contribution < 1.29 is 18.3 Å². The highest BCUT2D eigenvalue weighted by molar-refractivity contribution is 5.75. The smallest absolute Gasteiger partial charge is 0.168 e. The van der Waals surface area contributed by atoms with Gasteiger partial charge in [0.15, 0.2) is 23.1 Å². The summed E-state index contributed by atoms with van der Waals surface area (Å²) in [6.45, 7) is 2.23. The van der Waals surface area contributed by atoms with Crippen molar-refractivity contribution in [3.05, 3.63) is 47.0 Å². The number of rotatable bonds is 3. The molecule has 4 heteroatoms. The molecule has 0 heterocycles. The Kier molecular flexibility index (Phi) is 3.53. The Bertz CT molecular complexity index is 696. The number of ether oxygens (including phenoxy) is 2. The summed E-state index contributed by atoms with van der Waals surface area (Å²) in [5, 5.41) is 0. The van der Waals surface area contributed by atoms with Crippen molar-refractivity contribution in [3.63, 3.8) is 0 Å². The van der Waals surface area contributed by atoms with Crippen LogP contribution in [0.2, 0.25) is 0 Å². The molecule has 0 saturated heterocycles. The zero-order chi connectivity index (χ0) is 15.0. The van der Waals surface area contributed by atoms with Crippen LogP contribution in [0.4, 0.5) is 8.78 Å². The lowest BCUT2D eigenvalue weighted by Crippen LogP contribution is -2.10. The first kappa shape index (κ1) is 13.9. The van der Waals surface area contributed by atoms with Crippen molar-refractivity contribution >= 4 is 0 Å². The standard InChI is InChI=1S/C17H16F2O2/c1-3-21-15-9-7-11-10-6-8-14(20-2)16(18)12(10)4-5-13(11)17(15)19/h6-9H,3-5H2,1-2H3. The number of fused-ring (bicyclic) bond motifs is 3. The van der Waals surface area contributed by atoms with Crippen LogP contribution in [0.1, 0.15) is 18.1 Å². The molecule has 21 heavy (non-hydrogen) atoms. The Morgan fingerprint density at radius 1 is 0.905 bits per heavy atom. The highest BCUT2D eigenvalue weighted by atomic mass is 19.1. The summed E-state index contributed by atoms with van der Waals surface area (Å²) in [6, 6.07) is 6.77. The second kappa shape index (κ2) is 5.35. The van der Waals surface area contributed by atoms with Gasteiger partial charge in [-0.05, 0) is 54.2 Å². The first-order valence-corrected chi connectivity index (χ1v) is 6.97. The van der Waals surface area contributed by atoms with Gasteiger partial charge in [-0.1, -0.05) is 12.1 Å². The Balaban J connectivity index is 2.16. The highest BCUT2D eigenvalue weighted by Gasteiger charge is 2.25. The summed E-state index contributed by atoms with van der Waals surface area (Å²) in [4.78, 5) is 0. The van der Waals surface area contributed by atoms with Gasteiger partial charge in [0.2, 0.25) is 0 Å². The second-order valence-corrected chi connectivity index (χ2v) is 4.94. The van der Waals surface area contributed by atoms with E-state index in [0.29, 0.717) is 30.6 Å². The Morgan fingerprint density at radius 3 is 1.95 bits per heavy atom. The molecule has 1 aliphatic rings. The lowest BCUT2D eigenvalue weighted by molar-refractivity contribution is 0.320. The van der Waals surface area contributed by atoms with E-state index in [2.05, 4.69) is 0 Å². The van der Waals surface area contributed by atoms with E-state index < -0.39 is 0 Å². The van der Waals surface area contributed by atoms with Crippen LogP contribution < -0.4 is 9.47 Å². The van der Waals surface area contributed by atoms with Crippen molar-refractivity contribution in [1.29, 1.82) is 0 Å². The number of halogens is 2. The average molecular weight is 290 g/mol. The van der Waals surface area contributed by atoms with Crippen molar-refractivity contribution in [2.45, 2.75) is 19.8 Å². The summed E-state index contributed by atoms with van der Waals surface area (Å²) in [5.74, 6) is -0.205. The molecule has 0 aliphatic heterocycles. The minimum absolute atomic E-state index is 0.226. The zero-order valence-electron chi connectivity index (χ0n) is 12.0. The van der Waals surface area contributed by atoms with Gasteiger partial charge in [0.25, 0.3) is 0 Å². The first-order chi connectivity index (χ1) is 10.2. The third kappa shape index (κ3) is 2.15. The third-order valence-electron chi connectivity index (χ3n) is 3.85. The monoisotopic (exact) mass is 290 g/mol. The van der Waals surface area contributed by atoms with E-state index in [0.717, 1.165) is 11.1 Å². The SMILES string of the molecule is CCOc1ccc2c(c1F)CCc1c-2ccc(OC)c1F. The van der Waals surface area contributed by atoms with E-state index >= 15 is 0 Å². The molecular formula is C17H16F2O2. The molecule has 0 bridgehead atoms. The molecule has 0 radical (unpaired) electrons. The molecule has 2 aromatic carbocycles. The predicted molar refractivity (Wildman–Crippen MR) is 76.9 cm³/mol. The van der Waals surface area contributed by atoms with Crippen LogP contribution in [-0.2, 0) is 12.8 Å². The van der Waals surface area contributed by atoms with Gasteiger partial charge >= 0.3 is 0 Å². The van der Waals surface area contributed by atoms with Gasteiger partial charge < -0.3 is 9.47 Å². The minimum atomic E-state index is -0.352. The van der Waals surface area contributed by atoms with Crippen molar-refractivity contribution in [2.24, 2.45) is 0 Å². The molecule has 3 rings (SSSR count). The van der Waals surface area contributed by atoms with Crippen LogP contribution in [0.25, 0.3) is 11.1 Å². The maximum absolute atomic E-state index is 14.4. The quantitative estimate of drug-likeness (QED) is 0.846. The van der Waals surface area contributed by atoms with Gasteiger partial charge in [0.05, 0.1) is 13.7 Å². The molecule has 110 valence electrons. The highest BCUT2D eigenvalue weighted by Crippen LogP contribution is 2.40. The Labute approximate surface area is 122 Å². The van der Waals surface area contributed by atoms with Gasteiger partial charge in [-0.2, -0.15) is 0 Å². The molecular weight excluding hydrogens is 274 g/mol. The summed E-state index contributed by atoms with van der Waals surface area (Å²) in [5.41, 5.74) is 2.65. The molecule has 0 fully saturated rings. The topological polar surface area (TPSA) is 18.5 Å². The molecule has 2 aromatic rings. The van der Waals surface area contributed by atoms with Gasteiger partial charge in [0.1, 0.15) is 0 Å². The number of hydrogen-bond acceptors (Lipinski definition) is 2. The third-order valence-corrected chi connectivity index (χ3v) is 3.85. The summed E-state index contributed by atoms with van der Waals surface area (Å²) < 4.78 is 39.0. The second-order valence-electron chi connectivity index (χ2n) is 4.94.